The highest BCUT2D eigenvalue weighted by Crippen LogP contribution is 2.27. The van der Waals surface area contributed by atoms with Gasteiger partial charge in [0.2, 0.25) is 5.91 Å². The number of hydrogen-bond acceptors (Lipinski definition) is 3. The van der Waals surface area contributed by atoms with Crippen LogP contribution >= 0.6 is 35.0 Å². The zero-order valence-electron chi connectivity index (χ0n) is 12.9. The Kier molecular flexibility index (Phi) is 7.06. The van der Waals surface area contributed by atoms with Crippen LogP contribution < -0.4 is 10.6 Å². The van der Waals surface area contributed by atoms with Crippen molar-refractivity contribution >= 4 is 46.8 Å². The highest BCUT2D eigenvalue weighted by atomic mass is 35.5. The molecule has 1 fully saturated rings. The molecule has 1 aromatic rings. The van der Waals surface area contributed by atoms with Crippen molar-refractivity contribution in [2.45, 2.75) is 25.3 Å². The van der Waals surface area contributed by atoms with Gasteiger partial charge < -0.3 is 10.6 Å². The molecule has 1 aromatic carbocycles. The predicted octanol–water partition coefficient (Wildman–Crippen LogP) is 3.37. The molecule has 126 valence electrons. The van der Waals surface area contributed by atoms with Crippen molar-refractivity contribution in [2.24, 2.45) is 5.92 Å². The number of rotatable bonds is 8. The largest absolute Gasteiger partial charge is 0.354 e. The second-order valence-electron chi connectivity index (χ2n) is 5.62. The smallest absolute Gasteiger partial charge is 0.253 e. The summed E-state index contributed by atoms with van der Waals surface area (Å²) < 4.78 is 0. The summed E-state index contributed by atoms with van der Waals surface area (Å²) in [6.07, 6.45) is 4.89. The molecule has 0 bridgehead atoms. The fourth-order valence-electron chi connectivity index (χ4n) is 2.10. The SMILES string of the molecule is CSCCC(NC(=O)c1ccc(Cl)cc1Cl)C(=O)NCC1CC1. The second kappa shape index (κ2) is 8.81. The minimum atomic E-state index is -0.555. The molecule has 4 nitrogen and oxygen atoms in total. The Morgan fingerprint density at radius 1 is 1.35 bits per heavy atom. The van der Waals surface area contributed by atoms with Crippen molar-refractivity contribution in [1.29, 1.82) is 0 Å². The molecular weight excluding hydrogens is 355 g/mol. The zero-order valence-corrected chi connectivity index (χ0v) is 15.2. The molecule has 0 radical (unpaired) electrons. The van der Waals surface area contributed by atoms with Crippen LogP contribution in [0.3, 0.4) is 0 Å². The molecule has 2 amide bonds. The van der Waals surface area contributed by atoms with Crippen LogP contribution in [0.4, 0.5) is 0 Å². The van der Waals surface area contributed by atoms with E-state index in [1.54, 1.807) is 23.9 Å². The van der Waals surface area contributed by atoms with Crippen LogP contribution in [0.1, 0.15) is 29.6 Å². The van der Waals surface area contributed by atoms with Crippen molar-refractivity contribution in [3.05, 3.63) is 33.8 Å². The summed E-state index contributed by atoms with van der Waals surface area (Å²) in [4.78, 5) is 24.7. The lowest BCUT2D eigenvalue weighted by atomic mass is 10.1. The Morgan fingerprint density at radius 3 is 2.70 bits per heavy atom. The first-order valence-electron chi connectivity index (χ1n) is 7.54. The quantitative estimate of drug-likeness (QED) is 0.733. The van der Waals surface area contributed by atoms with E-state index < -0.39 is 6.04 Å². The van der Waals surface area contributed by atoms with Gasteiger partial charge >= 0.3 is 0 Å². The maximum Gasteiger partial charge on any atom is 0.253 e. The first kappa shape index (κ1) is 18.4. The lowest BCUT2D eigenvalue weighted by Crippen LogP contribution is -2.47. The average Bonchev–Trinajstić information content (AvgIpc) is 3.33. The zero-order chi connectivity index (χ0) is 16.8. The van der Waals surface area contributed by atoms with E-state index in [-0.39, 0.29) is 16.8 Å². The summed E-state index contributed by atoms with van der Waals surface area (Å²) >= 11 is 13.5. The van der Waals surface area contributed by atoms with Crippen LogP contribution in [0, 0.1) is 5.92 Å². The highest BCUT2D eigenvalue weighted by molar-refractivity contribution is 7.98. The van der Waals surface area contributed by atoms with Crippen LogP contribution in [0.15, 0.2) is 18.2 Å². The van der Waals surface area contributed by atoms with E-state index in [2.05, 4.69) is 10.6 Å². The third kappa shape index (κ3) is 5.90. The van der Waals surface area contributed by atoms with E-state index in [0.29, 0.717) is 29.5 Å². The van der Waals surface area contributed by atoms with Crippen LogP contribution in [0.2, 0.25) is 10.0 Å². The van der Waals surface area contributed by atoms with Gasteiger partial charge in [-0.1, -0.05) is 23.2 Å². The molecule has 0 aliphatic heterocycles. The van der Waals surface area contributed by atoms with Gasteiger partial charge in [-0.05, 0) is 55.4 Å². The Balaban J connectivity index is 1.99. The third-order valence-electron chi connectivity index (χ3n) is 3.67. The fraction of sp³-hybridized carbons (Fsp3) is 0.500. The number of hydrogen-bond donors (Lipinski definition) is 2. The first-order chi connectivity index (χ1) is 11.0. The lowest BCUT2D eigenvalue weighted by molar-refractivity contribution is -0.123. The van der Waals surface area contributed by atoms with Gasteiger partial charge in [-0.3, -0.25) is 9.59 Å². The van der Waals surface area contributed by atoms with Crippen LogP contribution in [-0.4, -0.2) is 36.4 Å². The molecule has 2 N–H and O–H groups in total. The van der Waals surface area contributed by atoms with Crippen LogP contribution in [-0.2, 0) is 4.79 Å². The van der Waals surface area contributed by atoms with Gasteiger partial charge in [0.25, 0.3) is 5.91 Å². The number of benzene rings is 1. The standard InChI is InChI=1S/C16H20Cl2N2O2S/c1-23-7-6-14(16(22)19-9-10-2-3-10)20-15(21)12-5-4-11(17)8-13(12)18/h4-5,8,10,14H,2-3,6-7,9H2,1H3,(H,19,22)(H,20,21). The van der Waals surface area contributed by atoms with Gasteiger partial charge in [0.1, 0.15) is 6.04 Å². The summed E-state index contributed by atoms with van der Waals surface area (Å²) in [5, 5.41) is 6.44. The molecule has 0 spiro atoms. The summed E-state index contributed by atoms with van der Waals surface area (Å²) in [5.74, 6) is 0.890. The highest BCUT2D eigenvalue weighted by Gasteiger charge is 2.26. The van der Waals surface area contributed by atoms with E-state index in [1.165, 1.54) is 18.9 Å². The minimum Gasteiger partial charge on any atom is -0.354 e. The third-order valence-corrected chi connectivity index (χ3v) is 4.86. The molecule has 1 aliphatic rings. The van der Waals surface area contributed by atoms with Gasteiger partial charge in [0.05, 0.1) is 10.6 Å². The molecule has 1 atom stereocenters. The van der Waals surface area contributed by atoms with Crippen LogP contribution in [0.25, 0.3) is 0 Å². The Morgan fingerprint density at radius 2 is 2.09 bits per heavy atom. The number of nitrogens with one attached hydrogen (secondary N) is 2. The average molecular weight is 375 g/mol. The van der Waals surface area contributed by atoms with Crippen molar-refractivity contribution < 1.29 is 9.59 Å². The minimum absolute atomic E-state index is 0.135. The maximum atomic E-state index is 12.4. The van der Waals surface area contributed by atoms with Crippen molar-refractivity contribution in [1.82, 2.24) is 10.6 Å². The van der Waals surface area contributed by atoms with Gasteiger partial charge in [-0.2, -0.15) is 11.8 Å². The molecule has 0 heterocycles. The molecule has 23 heavy (non-hydrogen) atoms. The molecular formula is C16H20Cl2N2O2S. The van der Waals surface area contributed by atoms with Crippen molar-refractivity contribution in [2.75, 3.05) is 18.6 Å². The van der Waals surface area contributed by atoms with Gasteiger partial charge in [0, 0.05) is 11.6 Å². The Labute approximate surface area is 150 Å². The molecule has 1 aliphatic carbocycles. The monoisotopic (exact) mass is 374 g/mol. The van der Waals surface area contributed by atoms with Gasteiger partial charge in [-0.25, -0.2) is 0 Å². The van der Waals surface area contributed by atoms with E-state index in [9.17, 15) is 9.59 Å². The number of carbonyl (C=O) groups is 2. The lowest BCUT2D eigenvalue weighted by Gasteiger charge is -2.18. The van der Waals surface area contributed by atoms with Gasteiger partial charge in [0.15, 0.2) is 0 Å². The van der Waals surface area contributed by atoms with E-state index in [4.69, 9.17) is 23.2 Å². The predicted molar refractivity (Wildman–Crippen MR) is 96.4 cm³/mol. The number of thioether (sulfide) groups is 1. The number of carbonyl (C=O) groups excluding carboxylic acids is 2. The summed E-state index contributed by atoms with van der Waals surface area (Å²) in [6, 6.07) is 4.13. The summed E-state index contributed by atoms with van der Waals surface area (Å²) in [7, 11) is 0. The summed E-state index contributed by atoms with van der Waals surface area (Å²) in [5.41, 5.74) is 0.320. The Hall–Kier alpha value is -0.910. The summed E-state index contributed by atoms with van der Waals surface area (Å²) in [6.45, 7) is 0.687. The first-order valence-corrected chi connectivity index (χ1v) is 9.68. The van der Waals surface area contributed by atoms with Gasteiger partial charge in [-0.15, -0.1) is 0 Å². The van der Waals surface area contributed by atoms with E-state index >= 15 is 0 Å². The maximum absolute atomic E-state index is 12.4. The second-order valence-corrected chi connectivity index (χ2v) is 7.45. The van der Waals surface area contributed by atoms with E-state index in [1.807, 2.05) is 6.26 Å². The molecule has 1 saturated carbocycles. The number of amides is 2. The van der Waals surface area contributed by atoms with E-state index in [0.717, 1.165) is 5.75 Å². The van der Waals surface area contributed by atoms with Crippen molar-refractivity contribution in [3.63, 3.8) is 0 Å². The molecule has 2 rings (SSSR count). The number of halogens is 2. The molecule has 0 aromatic heterocycles. The molecule has 7 heteroatoms. The Bertz CT molecular complexity index is 579. The normalized spacial score (nSPS) is 15.1. The van der Waals surface area contributed by atoms with Crippen molar-refractivity contribution in [3.8, 4) is 0 Å². The molecule has 0 saturated heterocycles. The van der Waals surface area contributed by atoms with Crippen LogP contribution in [0.5, 0.6) is 0 Å². The fourth-order valence-corrected chi connectivity index (χ4v) is 3.07. The molecule has 1 unspecified atom stereocenters. The topological polar surface area (TPSA) is 58.2 Å².